The van der Waals surface area contributed by atoms with Gasteiger partial charge in [-0.25, -0.2) is 17.8 Å². The van der Waals surface area contributed by atoms with Crippen LogP contribution >= 0.6 is 12.4 Å². The van der Waals surface area contributed by atoms with E-state index in [2.05, 4.69) is 11.9 Å². The molecule has 12 heteroatoms. The van der Waals surface area contributed by atoms with Crippen molar-refractivity contribution in [3.05, 3.63) is 40.3 Å². The maximum atomic E-state index is 13.4. The van der Waals surface area contributed by atoms with Gasteiger partial charge >= 0.3 is 0 Å². The lowest BCUT2D eigenvalue weighted by molar-refractivity contribution is 0.177. The first-order chi connectivity index (χ1) is 16.8. The van der Waals surface area contributed by atoms with Crippen molar-refractivity contribution in [3.63, 3.8) is 0 Å². The maximum Gasteiger partial charge on any atom is 0.275 e. The molecule has 3 heterocycles. The molecule has 9 nitrogen and oxygen atoms in total. The fourth-order valence-corrected chi connectivity index (χ4v) is 6.00. The number of hydrogen-bond donors (Lipinski definition) is 1. The summed E-state index contributed by atoms with van der Waals surface area (Å²) in [5.74, 6) is 0.703. The minimum Gasteiger partial charge on any atom is -0.493 e. The molecule has 1 aliphatic heterocycles. The Morgan fingerprint density at radius 3 is 2.53 bits per heavy atom. The number of benzene rings is 1. The summed E-state index contributed by atoms with van der Waals surface area (Å²) in [6, 6.07) is 4.63. The summed E-state index contributed by atoms with van der Waals surface area (Å²) in [4.78, 5) is 22.6. The quantitative estimate of drug-likeness (QED) is 0.447. The number of sulfonamides is 1. The number of fused-ring (bicyclic) bond motifs is 1. The van der Waals surface area contributed by atoms with E-state index in [1.54, 1.807) is 10.6 Å². The summed E-state index contributed by atoms with van der Waals surface area (Å²) in [5.41, 5.74) is 2.16. The van der Waals surface area contributed by atoms with Gasteiger partial charge in [-0.05, 0) is 37.1 Å². The van der Waals surface area contributed by atoms with E-state index >= 15 is 0 Å². The molecule has 1 saturated heterocycles. The minimum absolute atomic E-state index is 0. The molecule has 1 aliphatic rings. The van der Waals surface area contributed by atoms with Gasteiger partial charge in [0.1, 0.15) is 23.8 Å². The van der Waals surface area contributed by atoms with Gasteiger partial charge in [-0.2, -0.15) is 4.31 Å². The summed E-state index contributed by atoms with van der Waals surface area (Å²) >= 11 is 0. The Morgan fingerprint density at radius 2 is 1.89 bits per heavy atom. The molecule has 1 N–H and O–H groups in total. The second-order valence-electron chi connectivity index (χ2n) is 8.65. The fraction of sp³-hybridized carbons (Fsp3) is 0.500. The number of ether oxygens (including phenoxy) is 1. The van der Waals surface area contributed by atoms with Crippen LogP contribution in [0.4, 0.5) is 4.39 Å². The first-order valence-corrected chi connectivity index (χ1v) is 13.4. The topological polar surface area (TPSA) is 101 Å². The Labute approximate surface area is 216 Å². The van der Waals surface area contributed by atoms with Crippen molar-refractivity contribution in [3.8, 4) is 17.1 Å². The lowest BCUT2D eigenvalue weighted by Gasteiger charge is -2.33. The molecule has 2 aromatic heterocycles. The first kappa shape index (κ1) is 28.1. The molecular formula is C24H33ClFN5O4S. The highest BCUT2D eigenvalue weighted by molar-refractivity contribution is 7.89. The van der Waals surface area contributed by atoms with Crippen molar-refractivity contribution in [1.29, 1.82) is 0 Å². The number of alkyl halides is 1. The fourth-order valence-electron chi connectivity index (χ4n) is 4.56. The van der Waals surface area contributed by atoms with E-state index in [4.69, 9.17) is 9.72 Å². The van der Waals surface area contributed by atoms with Crippen LogP contribution in [0.1, 0.15) is 25.8 Å². The number of rotatable bonds is 9. The second kappa shape index (κ2) is 11.7. The third-order valence-corrected chi connectivity index (χ3v) is 8.19. The molecule has 4 rings (SSSR count). The van der Waals surface area contributed by atoms with E-state index in [-0.39, 0.29) is 41.8 Å². The van der Waals surface area contributed by atoms with Crippen LogP contribution in [-0.4, -0.2) is 78.2 Å². The van der Waals surface area contributed by atoms with Crippen LogP contribution in [0.2, 0.25) is 0 Å². The van der Waals surface area contributed by atoms with Crippen LogP contribution in [0, 0.1) is 0 Å². The van der Waals surface area contributed by atoms with Gasteiger partial charge in [0.15, 0.2) is 0 Å². The zero-order chi connectivity index (χ0) is 25.2. The highest BCUT2D eigenvalue weighted by Crippen LogP contribution is 2.32. The Kier molecular flexibility index (Phi) is 9.15. The summed E-state index contributed by atoms with van der Waals surface area (Å²) in [6.07, 6.45) is 3.58. The van der Waals surface area contributed by atoms with Crippen molar-refractivity contribution in [2.24, 2.45) is 7.05 Å². The van der Waals surface area contributed by atoms with E-state index < -0.39 is 16.7 Å². The smallest absolute Gasteiger partial charge is 0.275 e. The molecular weight excluding hydrogens is 509 g/mol. The summed E-state index contributed by atoms with van der Waals surface area (Å²) < 4.78 is 48.4. The molecule has 0 saturated carbocycles. The largest absolute Gasteiger partial charge is 0.493 e. The average Bonchev–Trinajstić information content (AvgIpc) is 3.15. The summed E-state index contributed by atoms with van der Waals surface area (Å²) in [6.45, 7) is 5.65. The lowest BCUT2D eigenvalue weighted by Crippen LogP contribution is -2.49. The molecule has 0 bridgehead atoms. The number of aromatic nitrogens is 3. The number of halogens is 2. The van der Waals surface area contributed by atoms with Gasteiger partial charge in [-0.1, -0.05) is 13.3 Å². The molecule has 0 spiro atoms. The molecule has 0 amide bonds. The van der Waals surface area contributed by atoms with E-state index in [0.717, 1.165) is 18.4 Å². The standard InChI is InChI=1S/C24H32FN5O4S.ClH/c1-4-6-17-16-28(3)22-21(17)26-23(27-24(22)31)19-15-18(7-8-20(19)34-5-2)35(32,33)30-13-11-29(10-9-25)12-14-30;/h7-8,15-16H,4-6,9-14H2,1-3H3,(H,26,27,31);1H. The van der Waals surface area contributed by atoms with Crippen molar-refractivity contribution in [2.75, 3.05) is 46.0 Å². The van der Waals surface area contributed by atoms with Gasteiger partial charge in [0.25, 0.3) is 5.56 Å². The Hall–Kier alpha value is -2.47. The number of aromatic amines is 1. The lowest BCUT2D eigenvalue weighted by atomic mass is 10.1. The molecule has 3 aromatic rings. The number of H-pyrrole nitrogens is 1. The third kappa shape index (κ3) is 5.44. The average molecular weight is 542 g/mol. The summed E-state index contributed by atoms with van der Waals surface area (Å²) in [5, 5.41) is 0. The van der Waals surface area contributed by atoms with Crippen LogP contribution < -0.4 is 10.3 Å². The molecule has 36 heavy (non-hydrogen) atoms. The predicted octanol–water partition coefficient (Wildman–Crippen LogP) is 2.98. The highest BCUT2D eigenvalue weighted by atomic mass is 35.5. The normalized spacial score (nSPS) is 15.2. The van der Waals surface area contributed by atoms with Crippen molar-refractivity contribution >= 4 is 33.5 Å². The maximum absolute atomic E-state index is 13.4. The zero-order valence-corrected chi connectivity index (χ0v) is 22.4. The Balaban J connectivity index is 0.00000361. The molecule has 0 aliphatic carbocycles. The molecule has 1 aromatic carbocycles. The summed E-state index contributed by atoms with van der Waals surface area (Å²) in [7, 11) is -1.98. The molecule has 0 radical (unpaired) electrons. The Bertz CT molecular complexity index is 1370. The second-order valence-corrected chi connectivity index (χ2v) is 10.6. The molecule has 0 atom stereocenters. The monoisotopic (exact) mass is 541 g/mol. The van der Waals surface area contributed by atoms with Crippen LogP contribution in [0.25, 0.3) is 22.4 Å². The van der Waals surface area contributed by atoms with Gasteiger partial charge in [0.05, 0.1) is 22.6 Å². The Morgan fingerprint density at radius 1 is 1.17 bits per heavy atom. The van der Waals surface area contributed by atoms with Gasteiger partial charge < -0.3 is 14.3 Å². The number of piperazine rings is 1. The van der Waals surface area contributed by atoms with E-state index in [9.17, 15) is 17.6 Å². The number of aryl methyl sites for hydroxylation is 2. The van der Waals surface area contributed by atoms with Gasteiger partial charge in [0, 0.05) is 46.0 Å². The van der Waals surface area contributed by atoms with Gasteiger partial charge in [0.2, 0.25) is 10.0 Å². The van der Waals surface area contributed by atoms with Gasteiger partial charge in [-0.15, -0.1) is 12.4 Å². The minimum atomic E-state index is -3.79. The molecule has 0 unspecified atom stereocenters. The van der Waals surface area contributed by atoms with E-state index in [1.165, 1.54) is 16.4 Å². The third-order valence-electron chi connectivity index (χ3n) is 6.30. The van der Waals surface area contributed by atoms with E-state index in [0.29, 0.717) is 48.6 Å². The van der Waals surface area contributed by atoms with Crippen LogP contribution in [0.3, 0.4) is 0 Å². The van der Waals surface area contributed by atoms with Crippen LogP contribution in [-0.2, 0) is 23.5 Å². The number of nitrogens with zero attached hydrogens (tertiary/aromatic N) is 4. The first-order valence-electron chi connectivity index (χ1n) is 11.9. The SMILES string of the molecule is CCCc1cn(C)c2c(=O)[nH]c(-c3cc(S(=O)(=O)N4CCN(CCF)CC4)ccc3OCC)nc12.Cl. The predicted molar refractivity (Wildman–Crippen MR) is 140 cm³/mol. The van der Waals surface area contributed by atoms with Crippen molar-refractivity contribution < 1.29 is 17.5 Å². The van der Waals surface area contributed by atoms with Crippen molar-refractivity contribution in [1.82, 2.24) is 23.7 Å². The van der Waals surface area contributed by atoms with Gasteiger partial charge in [-0.3, -0.25) is 9.69 Å². The van der Waals surface area contributed by atoms with Crippen LogP contribution in [0.5, 0.6) is 5.75 Å². The van der Waals surface area contributed by atoms with Crippen molar-refractivity contribution in [2.45, 2.75) is 31.6 Å². The number of hydrogen-bond acceptors (Lipinski definition) is 6. The van der Waals surface area contributed by atoms with E-state index in [1.807, 2.05) is 25.1 Å². The number of nitrogens with one attached hydrogen (secondary N) is 1. The molecule has 1 fully saturated rings. The highest BCUT2D eigenvalue weighted by Gasteiger charge is 2.29. The molecule has 198 valence electrons. The zero-order valence-electron chi connectivity index (χ0n) is 20.8. The van der Waals surface area contributed by atoms with Crippen LogP contribution in [0.15, 0.2) is 34.1 Å².